The van der Waals surface area contributed by atoms with Crippen LogP contribution in [0.2, 0.25) is 0 Å². The number of primary amides is 1. The first-order valence-corrected chi connectivity index (χ1v) is 9.21. The van der Waals surface area contributed by atoms with E-state index in [0.29, 0.717) is 36.9 Å². The van der Waals surface area contributed by atoms with Gasteiger partial charge in [-0.25, -0.2) is 4.98 Å². The smallest absolute Gasteiger partial charge is 0.233 e. The number of carbonyl (C=O) groups is 2. The Kier molecular flexibility index (Phi) is 5.37. The highest BCUT2D eigenvalue weighted by atomic mass is 32.2. The van der Waals surface area contributed by atoms with Gasteiger partial charge in [0, 0.05) is 24.6 Å². The lowest BCUT2D eigenvalue weighted by Crippen LogP contribution is -2.42. The Morgan fingerprint density at radius 2 is 1.96 bits per heavy atom. The molecule has 0 atom stereocenters. The SMILES string of the molecule is Cc1ccc(-c2nc(SCC(=O)N3CCC(C(N)=O)CC3)n[nH]2)cc1. The van der Waals surface area contributed by atoms with Gasteiger partial charge in [-0.05, 0) is 19.8 Å². The highest BCUT2D eigenvalue weighted by molar-refractivity contribution is 7.99. The van der Waals surface area contributed by atoms with E-state index in [-0.39, 0.29) is 23.5 Å². The van der Waals surface area contributed by atoms with Crippen LogP contribution in [-0.2, 0) is 9.59 Å². The number of amides is 2. The highest BCUT2D eigenvalue weighted by Gasteiger charge is 2.25. The Hall–Kier alpha value is -2.35. The van der Waals surface area contributed by atoms with Gasteiger partial charge in [0.15, 0.2) is 5.82 Å². The summed E-state index contributed by atoms with van der Waals surface area (Å²) in [5.41, 5.74) is 7.46. The monoisotopic (exact) mass is 359 g/mol. The van der Waals surface area contributed by atoms with E-state index in [1.54, 1.807) is 4.90 Å². The number of nitrogens with zero attached hydrogens (tertiary/aromatic N) is 3. The fourth-order valence-electron chi connectivity index (χ4n) is 2.78. The van der Waals surface area contributed by atoms with Crippen LogP contribution >= 0.6 is 11.8 Å². The van der Waals surface area contributed by atoms with Gasteiger partial charge in [-0.1, -0.05) is 41.6 Å². The van der Waals surface area contributed by atoms with E-state index in [9.17, 15) is 9.59 Å². The zero-order valence-electron chi connectivity index (χ0n) is 14.1. The maximum atomic E-state index is 12.3. The van der Waals surface area contributed by atoms with Crippen molar-refractivity contribution in [2.24, 2.45) is 11.7 Å². The maximum Gasteiger partial charge on any atom is 0.233 e. The van der Waals surface area contributed by atoms with Crippen molar-refractivity contribution in [2.75, 3.05) is 18.8 Å². The van der Waals surface area contributed by atoms with E-state index in [4.69, 9.17) is 5.73 Å². The molecule has 1 aromatic heterocycles. The quantitative estimate of drug-likeness (QED) is 0.789. The molecule has 2 heterocycles. The Balaban J connectivity index is 1.51. The van der Waals surface area contributed by atoms with Crippen LogP contribution in [-0.4, -0.2) is 50.7 Å². The predicted molar refractivity (Wildman–Crippen MR) is 95.8 cm³/mol. The number of rotatable bonds is 5. The second kappa shape index (κ2) is 7.69. The van der Waals surface area contributed by atoms with E-state index in [1.165, 1.54) is 17.3 Å². The molecule has 0 aliphatic carbocycles. The molecule has 1 saturated heterocycles. The maximum absolute atomic E-state index is 12.3. The number of H-pyrrole nitrogens is 1. The molecule has 8 heteroatoms. The number of thioether (sulfide) groups is 1. The number of aryl methyl sites for hydroxylation is 1. The third-order valence-electron chi connectivity index (χ3n) is 4.36. The van der Waals surface area contributed by atoms with Gasteiger partial charge < -0.3 is 10.6 Å². The Bertz CT molecular complexity index is 751. The third kappa shape index (κ3) is 4.39. The first-order chi connectivity index (χ1) is 12.0. The van der Waals surface area contributed by atoms with Gasteiger partial charge in [-0.15, -0.1) is 5.10 Å². The van der Waals surface area contributed by atoms with Gasteiger partial charge in [0.25, 0.3) is 0 Å². The summed E-state index contributed by atoms with van der Waals surface area (Å²) in [7, 11) is 0. The zero-order chi connectivity index (χ0) is 17.8. The average Bonchev–Trinajstić information content (AvgIpc) is 3.09. The van der Waals surface area contributed by atoms with Crippen LogP contribution in [0.5, 0.6) is 0 Å². The lowest BCUT2D eigenvalue weighted by atomic mass is 9.96. The molecule has 132 valence electrons. The van der Waals surface area contributed by atoms with Crippen LogP contribution in [0.25, 0.3) is 11.4 Å². The average molecular weight is 359 g/mol. The number of nitrogens with one attached hydrogen (secondary N) is 1. The fraction of sp³-hybridized carbons (Fsp3) is 0.412. The number of likely N-dealkylation sites (tertiary alicyclic amines) is 1. The van der Waals surface area contributed by atoms with E-state index in [2.05, 4.69) is 15.2 Å². The number of hydrogen-bond acceptors (Lipinski definition) is 5. The van der Waals surface area contributed by atoms with E-state index in [0.717, 1.165) is 5.56 Å². The van der Waals surface area contributed by atoms with Gasteiger partial charge in [0.2, 0.25) is 17.0 Å². The van der Waals surface area contributed by atoms with E-state index < -0.39 is 0 Å². The first-order valence-electron chi connectivity index (χ1n) is 8.22. The number of benzene rings is 1. The number of hydrogen-bond donors (Lipinski definition) is 2. The minimum Gasteiger partial charge on any atom is -0.369 e. The minimum atomic E-state index is -0.272. The molecule has 0 saturated carbocycles. The van der Waals surface area contributed by atoms with E-state index >= 15 is 0 Å². The second-order valence-corrected chi connectivity index (χ2v) is 7.12. The fourth-order valence-corrected chi connectivity index (χ4v) is 3.48. The van der Waals surface area contributed by atoms with Gasteiger partial charge in [-0.3, -0.25) is 14.7 Å². The summed E-state index contributed by atoms with van der Waals surface area (Å²) >= 11 is 1.31. The number of aromatic amines is 1. The summed E-state index contributed by atoms with van der Waals surface area (Å²) in [6, 6.07) is 8.00. The van der Waals surface area contributed by atoms with Gasteiger partial charge in [0.05, 0.1) is 5.75 Å². The molecule has 25 heavy (non-hydrogen) atoms. The van der Waals surface area contributed by atoms with Crippen LogP contribution in [0, 0.1) is 12.8 Å². The number of aromatic nitrogens is 3. The summed E-state index contributed by atoms with van der Waals surface area (Å²) < 4.78 is 0. The molecule has 1 aliphatic rings. The predicted octanol–water partition coefficient (Wildman–Crippen LogP) is 1.60. The Morgan fingerprint density at radius 3 is 2.60 bits per heavy atom. The molecular formula is C17H21N5O2S. The van der Waals surface area contributed by atoms with Crippen LogP contribution in [0.3, 0.4) is 0 Å². The first kappa shape index (κ1) is 17.5. The summed E-state index contributed by atoms with van der Waals surface area (Å²) in [4.78, 5) is 29.7. The van der Waals surface area contributed by atoms with Crippen molar-refractivity contribution in [3.05, 3.63) is 29.8 Å². The lowest BCUT2D eigenvalue weighted by Gasteiger charge is -2.30. The highest BCUT2D eigenvalue weighted by Crippen LogP contribution is 2.21. The van der Waals surface area contributed by atoms with Gasteiger partial charge in [0.1, 0.15) is 0 Å². The lowest BCUT2D eigenvalue weighted by molar-refractivity contribution is -0.132. The number of nitrogens with two attached hydrogens (primary N) is 1. The summed E-state index contributed by atoms with van der Waals surface area (Å²) in [6.45, 7) is 3.19. The molecule has 1 aromatic carbocycles. The largest absolute Gasteiger partial charge is 0.369 e. The molecule has 3 N–H and O–H groups in total. The molecule has 0 spiro atoms. The van der Waals surface area contributed by atoms with Crippen molar-refractivity contribution >= 4 is 23.6 Å². The van der Waals surface area contributed by atoms with Crippen molar-refractivity contribution in [1.29, 1.82) is 0 Å². The van der Waals surface area contributed by atoms with Crippen molar-refractivity contribution in [2.45, 2.75) is 24.9 Å². The second-order valence-electron chi connectivity index (χ2n) is 6.18. The molecule has 0 unspecified atom stereocenters. The zero-order valence-corrected chi connectivity index (χ0v) is 14.9. The van der Waals surface area contributed by atoms with Gasteiger partial charge >= 0.3 is 0 Å². The van der Waals surface area contributed by atoms with Crippen LogP contribution in [0.15, 0.2) is 29.4 Å². The molecule has 1 fully saturated rings. The molecule has 2 aromatic rings. The number of carbonyl (C=O) groups excluding carboxylic acids is 2. The molecule has 3 rings (SSSR count). The molecule has 0 bridgehead atoms. The summed E-state index contributed by atoms with van der Waals surface area (Å²) in [6.07, 6.45) is 1.29. The summed E-state index contributed by atoms with van der Waals surface area (Å²) in [5.74, 6) is 0.631. The normalized spacial score (nSPS) is 15.3. The minimum absolute atomic E-state index is 0.0367. The molecule has 0 radical (unpaired) electrons. The summed E-state index contributed by atoms with van der Waals surface area (Å²) in [5, 5.41) is 7.62. The van der Waals surface area contributed by atoms with Crippen molar-refractivity contribution in [3.8, 4) is 11.4 Å². The van der Waals surface area contributed by atoms with E-state index in [1.807, 2.05) is 31.2 Å². The van der Waals surface area contributed by atoms with Crippen LogP contribution < -0.4 is 5.73 Å². The van der Waals surface area contributed by atoms with Crippen molar-refractivity contribution < 1.29 is 9.59 Å². The Morgan fingerprint density at radius 1 is 1.28 bits per heavy atom. The molecule has 1 aliphatic heterocycles. The van der Waals surface area contributed by atoms with Gasteiger partial charge in [-0.2, -0.15) is 0 Å². The molecular weight excluding hydrogens is 338 g/mol. The molecule has 7 nitrogen and oxygen atoms in total. The van der Waals surface area contributed by atoms with Crippen LogP contribution in [0.4, 0.5) is 0 Å². The standard InChI is InChI=1S/C17H21N5O2S/c1-11-2-4-13(5-3-11)16-19-17(21-20-16)25-10-14(23)22-8-6-12(7-9-22)15(18)24/h2-5,12H,6-10H2,1H3,(H2,18,24)(H,19,20,21). The van der Waals surface area contributed by atoms with Crippen molar-refractivity contribution in [1.82, 2.24) is 20.1 Å². The topological polar surface area (TPSA) is 105 Å². The number of piperidine rings is 1. The molecule has 2 amide bonds. The van der Waals surface area contributed by atoms with Crippen molar-refractivity contribution in [3.63, 3.8) is 0 Å². The van der Waals surface area contributed by atoms with Crippen LogP contribution in [0.1, 0.15) is 18.4 Å². The Labute approximate surface area is 150 Å². The third-order valence-corrected chi connectivity index (χ3v) is 5.20.